The summed E-state index contributed by atoms with van der Waals surface area (Å²) in [6.07, 6.45) is 5.00. The van der Waals surface area contributed by atoms with Gasteiger partial charge in [-0.05, 0) is 19.9 Å². The number of nitrogens with zero attached hydrogens (tertiary/aromatic N) is 3. The van der Waals surface area contributed by atoms with Gasteiger partial charge in [0.1, 0.15) is 4.90 Å². The molecule has 1 saturated carbocycles. The Balaban J connectivity index is 2.15. The molecule has 1 aromatic rings. The van der Waals surface area contributed by atoms with E-state index in [0.29, 0.717) is 18.0 Å². The van der Waals surface area contributed by atoms with E-state index in [0.717, 1.165) is 19.4 Å². The number of likely N-dealkylation sites (N-methyl/N-ethyl adjacent to an activating group) is 1. The first-order chi connectivity index (χ1) is 8.59. The van der Waals surface area contributed by atoms with Crippen molar-refractivity contribution < 1.29 is 8.42 Å². The summed E-state index contributed by atoms with van der Waals surface area (Å²) in [5.41, 5.74) is 0. The van der Waals surface area contributed by atoms with Crippen molar-refractivity contribution in [3.05, 3.63) is 12.4 Å². The third-order valence-electron chi connectivity index (χ3n) is 3.07. The first kappa shape index (κ1) is 13.5. The third-order valence-corrected chi connectivity index (χ3v) is 5.05. The fourth-order valence-corrected chi connectivity index (χ4v) is 3.60. The summed E-state index contributed by atoms with van der Waals surface area (Å²) in [5, 5.41) is 7.09. The summed E-state index contributed by atoms with van der Waals surface area (Å²) >= 11 is 0. The normalized spacial score (nSPS) is 16.4. The lowest BCUT2D eigenvalue weighted by molar-refractivity contribution is 0.421. The molecule has 0 spiro atoms. The van der Waals surface area contributed by atoms with Crippen LogP contribution in [0.5, 0.6) is 0 Å². The molecule has 1 aromatic heterocycles. The summed E-state index contributed by atoms with van der Waals surface area (Å²) in [4.78, 5) is 0.298. The van der Waals surface area contributed by atoms with Crippen molar-refractivity contribution >= 4 is 10.0 Å². The van der Waals surface area contributed by atoms with Gasteiger partial charge in [0.05, 0.1) is 12.7 Å². The zero-order valence-electron chi connectivity index (χ0n) is 10.8. The first-order valence-electron chi connectivity index (χ1n) is 6.28. The van der Waals surface area contributed by atoms with Crippen LogP contribution in [0.2, 0.25) is 0 Å². The fourth-order valence-electron chi connectivity index (χ4n) is 1.95. The van der Waals surface area contributed by atoms with E-state index < -0.39 is 10.0 Å². The maximum Gasteiger partial charge on any atom is 0.246 e. The Hall–Kier alpha value is -0.920. The number of rotatable bonds is 7. The maximum atomic E-state index is 12.4. The molecule has 0 radical (unpaired) electrons. The average Bonchev–Trinajstić information content (AvgIpc) is 3.04. The topological polar surface area (TPSA) is 67.2 Å². The van der Waals surface area contributed by atoms with E-state index >= 15 is 0 Å². The lowest BCUT2D eigenvalue weighted by atomic mass is 10.6. The standard InChI is InChI=1S/C11H20N4O2S/c1-3-15(10-4-5-10)18(16,17)11-8-13-14(9-11)7-6-12-2/h8-10,12H,3-7H2,1-2H3. The highest BCUT2D eigenvalue weighted by Gasteiger charge is 2.37. The predicted molar refractivity (Wildman–Crippen MR) is 68.7 cm³/mol. The molecule has 0 bridgehead atoms. The van der Waals surface area contributed by atoms with E-state index in [9.17, 15) is 8.42 Å². The van der Waals surface area contributed by atoms with Gasteiger partial charge in [-0.3, -0.25) is 4.68 Å². The minimum atomic E-state index is -3.36. The molecular weight excluding hydrogens is 252 g/mol. The van der Waals surface area contributed by atoms with Gasteiger partial charge in [-0.1, -0.05) is 6.92 Å². The molecule has 6 nitrogen and oxygen atoms in total. The van der Waals surface area contributed by atoms with Crippen molar-refractivity contribution in [1.82, 2.24) is 19.4 Å². The van der Waals surface area contributed by atoms with Crippen LogP contribution >= 0.6 is 0 Å². The molecule has 0 atom stereocenters. The zero-order chi connectivity index (χ0) is 13.2. The molecule has 0 aliphatic heterocycles. The van der Waals surface area contributed by atoms with Crippen LogP contribution in [0.4, 0.5) is 0 Å². The first-order valence-corrected chi connectivity index (χ1v) is 7.72. The Bertz CT molecular complexity index is 493. The molecule has 7 heteroatoms. The van der Waals surface area contributed by atoms with Crippen molar-refractivity contribution in [2.24, 2.45) is 0 Å². The van der Waals surface area contributed by atoms with Gasteiger partial charge >= 0.3 is 0 Å². The summed E-state index contributed by atoms with van der Waals surface area (Å²) in [6.45, 7) is 3.83. The van der Waals surface area contributed by atoms with Crippen LogP contribution in [0.25, 0.3) is 0 Å². The number of nitrogens with one attached hydrogen (secondary N) is 1. The van der Waals surface area contributed by atoms with Gasteiger partial charge in [-0.25, -0.2) is 8.42 Å². The van der Waals surface area contributed by atoms with E-state index in [4.69, 9.17) is 0 Å². The van der Waals surface area contributed by atoms with E-state index in [2.05, 4.69) is 10.4 Å². The van der Waals surface area contributed by atoms with Crippen molar-refractivity contribution in [3.63, 3.8) is 0 Å². The number of aromatic nitrogens is 2. The summed E-state index contributed by atoms with van der Waals surface area (Å²) in [5.74, 6) is 0. The Labute approximate surface area is 108 Å². The number of hydrogen-bond acceptors (Lipinski definition) is 4. The van der Waals surface area contributed by atoms with Crippen molar-refractivity contribution in [3.8, 4) is 0 Å². The second-order valence-electron chi connectivity index (χ2n) is 4.48. The monoisotopic (exact) mass is 272 g/mol. The van der Waals surface area contributed by atoms with Crippen molar-refractivity contribution in [2.75, 3.05) is 20.1 Å². The lowest BCUT2D eigenvalue weighted by Gasteiger charge is -2.18. The minimum Gasteiger partial charge on any atom is -0.318 e. The third kappa shape index (κ3) is 2.73. The average molecular weight is 272 g/mol. The predicted octanol–water partition coefficient (Wildman–Crippen LogP) is 0.275. The summed E-state index contributed by atoms with van der Waals surface area (Å²) in [6, 6.07) is 0.195. The largest absolute Gasteiger partial charge is 0.318 e. The van der Waals surface area contributed by atoms with Crippen LogP contribution in [0.15, 0.2) is 17.3 Å². The Morgan fingerprint density at radius 2 is 2.28 bits per heavy atom. The smallest absolute Gasteiger partial charge is 0.246 e. The van der Waals surface area contributed by atoms with E-state index in [1.165, 1.54) is 6.20 Å². The molecular formula is C11H20N4O2S. The molecule has 0 amide bonds. The zero-order valence-corrected chi connectivity index (χ0v) is 11.7. The molecule has 102 valence electrons. The second-order valence-corrected chi connectivity index (χ2v) is 6.37. The van der Waals surface area contributed by atoms with Crippen LogP contribution < -0.4 is 5.32 Å². The highest BCUT2D eigenvalue weighted by atomic mass is 32.2. The van der Waals surface area contributed by atoms with E-state index in [-0.39, 0.29) is 6.04 Å². The fraction of sp³-hybridized carbons (Fsp3) is 0.727. The van der Waals surface area contributed by atoms with Crippen molar-refractivity contribution in [1.29, 1.82) is 0 Å². The van der Waals surface area contributed by atoms with E-state index in [1.807, 2.05) is 14.0 Å². The molecule has 1 fully saturated rings. The molecule has 1 N–H and O–H groups in total. The molecule has 2 rings (SSSR count). The van der Waals surface area contributed by atoms with Crippen LogP contribution in [-0.2, 0) is 16.6 Å². The number of sulfonamides is 1. The van der Waals surface area contributed by atoms with Gasteiger partial charge < -0.3 is 5.32 Å². The number of hydrogen-bond donors (Lipinski definition) is 1. The van der Waals surface area contributed by atoms with Crippen molar-refractivity contribution in [2.45, 2.75) is 37.2 Å². The highest BCUT2D eigenvalue weighted by Crippen LogP contribution is 2.31. The minimum absolute atomic E-state index is 0.195. The van der Waals surface area contributed by atoms with Gasteiger partial charge in [-0.15, -0.1) is 0 Å². The molecule has 0 aromatic carbocycles. The molecule has 0 unspecified atom stereocenters. The van der Waals surface area contributed by atoms with Gasteiger partial charge in [0.15, 0.2) is 0 Å². The summed E-state index contributed by atoms with van der Waals surface area (Å²) in [7, 11) is -1.51. The quantitative estimate of drug-likeness (QED) is 0.774. The van der Waals surface area contributed by atoms with Gasteiger partial charge in [-0.2, -0.15) is 9.40 Å². The molecule has 0 saturated heterocycles. The van der Waals surface area contributed by atoms with Crippen LogP contribution in [0, 0.1) is 0 Å². The van der Waals surface area contributed by atoms with Gasteiger partial charge in [0, 0.05) is 25.3 Å². The van der Waals surface area contributed by atoms with Gasteiger partial charge in [0.2, 0.25) is 10.0 Å². The van der Waals surface area contributed by atoms with Crippen LogP contribution in [-0.4, -0.2) is 48.7 Å². The molecule has 1 heterocycles. The molecule has 1 aliphatic rings. The van der Waals surface area contributed by atoms with Crippen LogP contribution in [0.3, 0.4) is 0 Å². The van der Waals surface area contributed by atoms with Crippen LogP contribution in [0.1, 0.15) is 19.8 Å². The lowest BCUT2D eigenvalue weighted by Crippen LogP contribution is -2.32. The second kappa shape index (κ2) is 5.38. The SMILES string of the molecule is CCN(C1CC1)S(=O)(=O)c1cnn(CCNC)c1. The van der Waals surface area contributed by atoms with Gasteiger partial charge in [0.25, 0.3) is 0 Å². The Morgan fingerprint density at radius 3 is 2.83 bits per heavy atom. The maximum absolute atomic E-state index is 12.4. The molecule has 18 heavy (non-hydrogen) atoms. The Morgan fingerprint density at radius 1 is 1.56 bits per heavy atom. The highest BCUT2D eigenvalue weighted by molar-refractivity contribution is 7.89. The van der Waals surface area contributed by atoms with E-state index in [1.54, 1.807) is 15.2 Å². The Kier molecular flexibility index (Phi) is 4.04. The summed E-state index contributed by atoms with van der Waals surface area (Å²) < 4.78 is 28.0. The molecule has 1 aliphatic carbocycles.